The van der Waals surface area contributed by atoms with Crippen molar-refractivity contribution >= 4 is 23.6 Å². The predicted octanol–water partition coefficient (Wildman–Crippen LogP) is 5.57. The molecular weight excluding hydrogens is 382 g/mol. The van der Waals surface area contributed by atoms with Gasteiger partial charge in [0.15, 0.2) is 5.65 Å². The SMILES string of the molecule is C(=C\c1cnn2c(NCc3cccnc3)cc(-c3ccccc3)nc12)/c1ccccc1. The van der Waals surface area contributed by atoms with E-state index < -0.39 is 0 Å². The van der Waals surface area contributed by atoms with E-state index in [4.69, 9.17) is 4.98 Å². The van der Waals surface area contributed by atoms with Crippen molar-refractivity contribution in [1.82, 2.24) is 19.6 Å². The Morgan fingerprint density at radius 2 is 1.65 bits per heavy atom. The molecule has 0 fully saturated rings. The van der Waals surface area contributed by atoms with Gasteiger partial charge in [-0.1, -0.05) is 72.8 Å². The molecule has 5 nitrogen and oxygen atoms in total. The van der Waals surface area contributed by atoms with Crippen LogP contribution in [0.5, 0.6) is 0 Å². The number of hydrogen-bond donors (Lipinski definition) is 1. The Bertz CT molecular complexity index is 1310. The van der Waals surface area contributed by atoms with Gasteiger partial charge in [0.1, 0.15) is 5.82 Å². The molecule has 0 aliphatic rings. The van der Waals surface area contributed by atoms with Gasteiger partial charge in [0.05, 0.1) is 11.9 Å². The molecule has 1 N–H and O–H groups in total. The minimum atomic E-state index is 0.649. The first-order chi connectivity index (χ1) is 15.4. The fourth-order valence-corrected chi connectivity index (χ4v) is 3.43. The fourth-order valence-electron chi connectivity index (χ4n) is 3.43. The van der Waals surface area contributed by atoms with Crippen molar-refractivity contribution in [1.29, 1.82) is 0 Å². The molecule has 0 saturated carbocycles. The maximum atomic E-state index is 4.93. The number of hydrogen-bond acceptors (Lipinski definition) is 4. The van der Waals surface area contributed by atoms with Gasteiger partial charge in [-0.3, -0.25) is 4.98 Å². The molecular formula is C26H21N5. The molecule has 3 heterocycles. The Hall–Kier alpha value is -4.25. The van der Waals surface area contributed by atoms with Crippen LogP contribution in [0, 0.1) is 0 Å². The van der Waals surface area contributed by atoms with Gasteiger partial charge in [0.25, 0.3) is 0 Å². The lowest BCUT2D eigenvalue weighted by atomic mass is 10.1. The fraction of sp³-hybridized carbons (Fsp3) is 0.0385. The number of rotatable bonds is 6. The molecule has 31 heavy (non-hydrogen) atoms. The number of fused-ring (bicyclic) bond motifs is 1. The molecule has 2 aromatic carbocycles. The maximum Gasteiger partial charge on any atom is 0.165 e. The number of benzene rings is 2. The third-order valence-corrected chi connectivity index (χ3v) is 5.02. The van der Waals surface area contributed by atoms with Crippen LogP contribution in [0.25, 0.3) is 29.1 Å². The van der Waals surface area contributed by atoms with Crippen LogP contribution in [-0.2, 0) is 6.54 Å². The van der Waals surface area contributed by atoms with Gasteiger partial charge in [-0.25, -0.2) is 4.98 Å². The third kappa shape index (κ3) is 4.21. The van der Waals surface area contributed by atoms with Gasteiger partial charge in [0.2, 0.25) is 0 Å². The lowest BCUT2D eigenvalue weighted by molar-refractivity contribution is 0.925. The summed E-state index contributed by atoms with van der Waals surface area (Å²) in [6.45, 7) is 0.649. The van der Waals surface area contributed by atoms with E-state index in [-0.39, 0.29) is 0 Å². The molecule has 5 aromatic rings. The van der Waals surface area contributed by atoms with Crippen molar-refractivity contribution in [3.63, 3.8) is 0 Å². The van der Waals surface area contributed by atoms with Crippen LogP contribution in [0.4, 0.5) is 5.82 Å². The zero-order valence-electron chi connectivity index (χ0n) is 16.9. The highest BCUT2D eigenvalue weighted by Crippen LogP contribution is 2.25. The van der Waals surface area contributed by atoms with E-state index in [0.29, 0.717) is 6.54 Å². The lowest BCUT2D eigenvalue weighted by Crippen LogP contribution is -2.07. The van der Waals surface area contributed by atoms with E-state index in [2.05, 4.69) is 51.8 Å². The van der Waals surface area contributed by atoms with Crippen molar-refractivity contribution in [3.05, 3.63) is 114 Å². The van der Waals surface area contributed by atoms with Crippen LogP contribution >= 0.6 is 0 Å². The van der Waals surface area contributed by atoms with Crippen LogP contribution < -0.4 is 5.32 Å². The summed E-state index contributed by atoms with van der Waals surface area (Å²) in [5.41, 5.74) is 5.97. The number of anilines is 1. The monoisotopic (exact) mass is 403 g/mol. The second kappa shape index (κ2) is 8.63. The average molecular weight is 403 g/mol. The molecule has 5 heteroatoms. The van der Waals surface area contributed by atoms with Crippen LogP contribution in [0.15, 0.2) is 97.5 Å². The smallest absolute Gasteiger partial charge is 0.165 e. The van der Waals surface area contributed by atoms with Crippen molar-refractivity contribution < 1.29 is 0 Å². The number of nitrogens with zero attached hydrogens (tertiary/aromatic N) is 4. The summed E-state index contributed by atoms with van der Waals surface area (Å²) in [6, 6.07) is 26.4. The molecule has 0 atom stereocenters. The van der Waals surface area contributed by atoms with Crippen LogP contribution in [-0.4, -0.2) is 19.6 Å². The molecule has 0 aliphatic carbocycles. The minimum absolute atomic E-state index is 0.649. The second-order valence-electron chi connectivity index (χ2n) is 7.19. The second-order valence-corrected chi connectivity index (χ2v) is 7.19. The molecule has 0 unspecified atom stereocenters. The minimum Gasteiger partial charge on any atom is -0.366 e. The topological polar surface area (TPSA) is 55.1 Å². The summed E-state index contributed by atoms with van der Waals surface area (Å²) >= 11 is 0. The highest BCUT2D eigenvalue weighted by molar-refractivity contribution is 5.78. The maximum absolute atomic E-state index is 4.93. The Kier molecular flexibility index (Phi) is 5.22. The quantitative estimate of drug-likeness (QED) is 0.402. The van der Waals surface area contributed by atoms with Crippen molar-refractivity contribution in [2.45, 2.75) is 6.54 Å². The van der Waals surface area contributed by atoms with Crippen molar-refractivity contribution in [2.24, 2.45) is 0 Å². The number of nitrogens with one attached hydrogen (secondary N) is 1. The molecule has 5 rings (SSSR count). The summed E-state index contributed by atoms with van der Waals surface area (Å²) < 4.78 is 1.85. The van der Waals surface area contributed by atoms with Crippen LogP contribution in [0.2, 0.25) is 0 Å². The summed E-state index contributed by atoms with van der Waals surface area (Å²) in [7, 11) is 0. The molecule has 0 saturated heterocycles. The lowest BCUT2D eigenvalue weighted by Gasteiger charge is -2.11. The zero-order chi connectivity index (χ0) is 20.9. The van der Waals surface area contributed by atoms with Crippen molar-refractivity contribution in [3.8, 4) is 11.3 Å². The Morgan fingerprint density at radius 1 is 0.839 bits per heavy atom. The van der Waals surface area contributed by atoms with E-state index in [1.165, 1.54) is 0 Å². The summed E-state index contributed by atoms with van der Waals surface area (Å²) in [5, 5.41) is 8.10. The van der Waals surface area contributed by atoms with E-state index >= 15 is 0 Å². The van der Waals surface area contributed by atoms with Gasteiger partial charge < -0.3 is 5.32 Å². The van der Waals surface area contributed by atoms with E-state index in [9.17, 15) is 0 Å². The highest BCUT2D eigenvalue weighted by atomic mass is 15.3. The van der Waals surface area contributed by atoms with E-state index in [0.717, 1.165) is 39.4 Å². The van der Waals surface area contributed by atoms with Gasteiger partial charge in [0, 0.05) is 36.1 Å². The first kappa shape index (κ1) is 18.8. The Morgan fingerprint density at radius 3 is 2.42 bits per heavy atom. The Balaban J connectivity index is 1.56. The van der Waals surface area contributed by atoms with E-state index in [1.807, 2.05) is 71.5 Å². The van der Waals surface area contributed by atoms with Crippen molar-refractivity contribution in [2.75, 3.05) is 5.32 Å². The molecule has 0 radical (unpaired) electrons. The summed E-state index contributed by atoms with van der Waals surface area (Å²) in [4.78, 5) is 9.13. The predicted molar refractivity (Wildman–Crippen MR) is 125 cm³/mol. The summed E-state index contributed by atoms with van der Waals surface area (Å²) in [6.07, 6.45) is 9.63. The van der Waals surface area contributed by atoms with Crippen LogP contribution in [0.3, 0.4) is 0 Å². The zero-order valence-corrected chi connectivity index (χ0v) is 16.9. The average Bonchev–Trinajstić information content (AvgIpc) is 3.26. The number of aromatic nitrogens is 4. The molecule has 0 amide bonds. The molecule has 0 spiro atoms. The molecule has 0 aliphatic heterocycles. The standard InChI is InChI=1S/C26H21N5/c1-3-8-20(9-4-1)13-14-23-19-29-31-25(28-18-21-10-7-15-27-17-21)16-24(30-26(23)31)22-11-5-2-6-12-22/h1-17,19,28H,18H2/b14-13+. The first-order valence-corrected chi connectivity index (χ1v) is 10.2. The highest BCUT2D eigenvalue weighted by Gasteiger charge is 2.11. The molecule has 150 valence electrons. The van der Waals surface area contributed by atoms with Gasteiger partial charge >= 0.3 is 0 Å². The largest absolute Gasteiger partial charge is 0.366 e. The molecule has 3 aromatic heterocycles. The van der Waals surface area contributed by atoms with Gasteiger partial charge in [-0.05, 0) is 23.3 Å². The van der Waals surface area contributed by atoms with Gasteiger partial charge in [-0.15, -0.1) is 0 Å². The normalized spacial score (nSPS) is 11.2. The first-order valence-electron chi connectivity index (χ1n) is 10.2. The van der Waals surface area contributed by atoms with Gasteiger partial charge in [-0.2, -0.15) is 9.61 Å². The third-order valence-electron chi connectivity index (χ3n) is 5.02. The van der Waals surface area contributed by atoms with Crippen LogP contribution in [0.1, 0.15) is 16.7 Å². The molecule has 0 bridgehead atoms. The Labute approximate surface area is 180 Å². The number of pyridine rings is 1. The summed E-state index contributed by atoms with van der Waals surface area (Å²) in [5.74, 6) is 0.882. The van der Waals surface area contributed by atoms with E-state index in [1.54, 1.807) is 6.20 Å².